The lowest BCUT2D eigenvalue weighted by Gasteiger charge is -2.30. The van der Waals surface area contributed by atoms with Crippen LogP contribution in [0, 0.1) is 11.8 Å². The summed E-state index contributed by atoms with van der Waals surface area (Å²) >= 11 is 0. The molecule has 0 aliphatic heterocycles. The van der Waals surface area contributed by atoms with E-state index in [1.807, 2.05) is 60.7 Å². The number of carbonyl (C=O) groups is 2. The molecule has 0 saturated heterocycles. The highest BCUT2D eigenvalue weighted by Gasteiger charge is 2.24. The summed E-state index contributed by atoms with van der Waals surface area (Å²) in [6, 6.07) is 17.1. The van der Waals surface area contributed by atoms with Crippen LogP contribution in [0.1, 0.15) is 62.9 Å². The van der Waals surface area contributed by atoms with Crippen LogP contribution in [0.5, 0.6) is 0 Å². The average molecular weight is 497 g/mol. The molecule has 3 rings (SSSR count). The van der Waals surface area contributed by atoms with Crippen molar-refractivity contribution in [2.75, 3.05) is 13.1 Å². The zero-order valence-electron chi connectivity index (χ0n) is 21.2. The molecule has 196 valence electrons. The summed E-state index contributed by atoms with van der Waals surface area (Å²) in [5.74, 6) is 0.681. The van der Waals surface area contributed by atoms with E-state index in [2.05, 4.69) is 21.3 Å². The molecular weight excluding hydrogens is 456 g/mol. The summed E-state index contributed by atoms with van der Waals surface area (Å²) in [5.41, 5.74) is 1.53. The molecule has 4 amide bonds. The second-order valence-electron chi connectivity index (χ2n) is 9.90. The fraction of sp³-hybridized carbons (Fsp3) is 0.500. The van der Waals surface area contributed by atoms with Gasteiger partial charge in [0.05, 0.1) is 24.3 Å². The van der Waals surface area contributed by atoms with E-state index in [-0.39, 0.29) is 12.1 Å². The van der Waals surface area contributed by atoms with Gasteiger partial charge in [-0.15, -0.1) is 0 Å². The molecule has 6 unspecified atom stereocenters. The van der Waals surface area contributed by atoms with Gasteiger partial charge in [-0.25, -0.2) is 9.59 Å². The van der Waals surface area contributed by atoms with Gasteiger partial charge in [-0.1, -0.05) is 67.1 Å². The molecule has 6 N–H and O–H groups in total. The lowest BCUT2D eigenvalue weighted by atomic mass is 9.81. The Morgan fingerprint density at radius 3 is 1.53 bits per heavy atom. The van der Waals surface area contributed by atoms with E-state index >= 15 is 0 Å². The van der Waals surface area contributed by atoms with Crippen LogP contribution in [0.2, 0.25) is 0 Å². The van der Waals surface area contributed by atoms with E-state index in [4.69, 9.17) is 0 Å². The van der Waals surface area contributed by atoms with Crippen molar-refractivity contribution >= 4 is 12.1 Å². The molecule has 1 aliphatic carbocycles. The van der Waals surface area contributed by atoms with Gasteiger partial charge in [-0.3, -0.25) is 0 Å². The fourth-order valence-corrected chi connectivity index (χ4v) is 4.80. The van der Waals surface area contributed by atoms with Crippen molar-refractivity contribution in [1.82, 2.24) is 21.3 Å². The van der Waals surface area contributed by atoms with Gasteiger partial charge in [-0.05, 0) is 56.1 Å². The minimum Gasteiger partial charge on any atom is -0.386 e. The van der Waals surface area contributed by atoms with E-state index in [0.29, 0.717) is 24.9 Å². The van der Waals surface area contributed by atoms with Gasteiger partial charge in [0.15, 0.2) is 0 Å². The summed E-state index contributed by atoms with van der Waals surface area (Å²) in [6.45, 7) is 4.68. The van der Waals surface area contributed by atoms with Crippen molar-refractivity contribution in [3.05, 3.63) is 71.8 Å². The Hall–Kier alpha value is -3.10. The molecular formula is C28H40N4O4. The summed E-state index contributed by atoms with van der Waals surface area (Å²) < 4.78 is 0. The third kappa shape index (κ3) is 8.53. The van der Waals surface area contributed by atoms with Crippen molar-refractivity contribution in [1.29, 1.82) is 0 Å². The Morgan fingerprint density at radius 1 is 0.750 bits per heavy atom. The first-order valence-corrected chi connectivity index (χ1v) is 12.9. The van der Waals surface area contributed by atoms with Crippen molar-refractivity contribution in [2.24, 2.45) is 11.8 Å². The maximum atomic E-state index is 12.4. The minimum absolute atomic E-state index is 0.289. The molecule has 1 saturated carbocycles. The highest BCUT2D eigenvalue weighted by molar-refractivity contribution is 5.74. The summed E-state index contributed by atoms with van der Waals surface area (Å²) in [5, 5.41) is 32.4. The zero-order valence-corrected chi connectivity index (χ0v) is 21.2. The monoisotopic (exact) mass is 496 g/mol. The van der Waals surface area contributed by atoms with Crippen LogP contribution in [0.3, 0.4) is 0 Å². The highest BCUT2D eigenvalue weighted by atomic mass is 16.3. The quantitative estimate of drug-likeness (QED) is 0.301. The molecule has 8 nitrogen and oxygen atoms in total. The maximum absolute atomic E-state index is 12.4. The van der Waals surface area contributed by atoms with Crippen LogP contribution in [0.4, 0.5) is 9.59 Å². The summed E-state index contributed by atoms with van der Waals surface area (Å²) in [4.78, 5) is 24.7. The number of aliphatic hydroxyl groups excluding tert-OH is 2. The van der Waals surface area contributed by atoms with E-state index in [9.17, 15) is 19.8 Å². The van der Waals surface area contributed by atoms with Crippen molar-refractivity contribution < 1.29 is 19.8 Å². The number of benzene rings is 2. The lowest BCUT2D eigenvalue weighted by Crippen LogP contribution is -2.46. The molecule has 0 spiro atoms. The molecule has 2 aromatic carbocycles. The SMILES string of the molecule is CC(NC(=O)NCC1CCCC(CNC(=O)NC(C)C(O)c2ccccc2)C1)C(O)c1ccccc1. The minimum atomic E-state index is -0.773. The smallest absolute Gasteiger partial charge is 0.315 e. The third-order valence-electron chi connectivity index (χ3n) is 6.94. The largest absolute Gasteiger partial charge is 0.386 e. The Balaban J connectivity index is 1.35. The Kier molecular flexibility index (Phi) is 10.6. The topological polar surface area (TPSA) is 123 Å². The van der Waals surface area contributed by atoms with Crippen LogP contribution in [-0.4, -0.2) is 47.4 Å². The van der Waals surface area contributed by atoms with Gasteiger partial charge in [0.2, 0.25) is 0 Å². The number of nitrogens with one attached hydrogen (secondary N) is 4. The number of carbonyl (C=O) groups excluding carboxylic acids is 2. The summed E-state index contributed by atoms with van der Waals surface area (Å²) in [6.07, 6.45) is 2.49. The molecule has 0 radical (unpaired) electrons. The first-order valence-electron chi connectivity index (χ1n) is 12.9. The van der Waals surface area contributed by atoms with E-state index in [1.54, 1.807) is 13.8 Å². The second kappa shape index (κ2) is 13.8. The lowest BCUT2D eigenvalue weighted by molar-refractivity contribution is 0.136. The molecule has 0 bridgehead atoms. The van der Waals surface area contributed by atoms with Crippen LogP contribution in [0.25, 0.3) is 0 Å². The van der Waals surface area contributed by atoms with Gasteiger partial charge in [0.25, 0.3) is 0 Å². The van der Waals surface area contributed by atoms with Crippen molar-refractivity contribution in [3.63, 3.8) is 0 Å². The van der Waals surface area contributed by atoms with Crippen LogP contribution < -0.4 is 21.3 Å². The van der Waals surface area contributed by atoms with Crippen LogP contribution in [-0.2, 0) is 0 Å². The first kappa shape index (κ1) is 27.5. The van der Waals surface area contributed by atoms with Crippen LogP contribution in [0.15, 0.2) is 60.7 Å². The van der Waals surface area contributed by atoms with E-state index < -0.39 is 24.3 Å². The Labute approximate surface area is 213 Å². The van der Waals surface area contributed by atoms with E-state index in [0.717, 1.165) is 36.8 Å². The summed E-state index contributed by atoms with van der Waals surface area (Å²) in [7, 11) is 0. The van der Waals surface area contributed by atoms with Crippen LogP contribution >= 0.6 is 0 Å². The molecule has 6 atom stereocenters. The highest BCUT2D eigenvalue weighted by Crippen LogP contribution is 2.28. The van der Waals surface area contributed by atoms with Gasteiger partial charge in [0, 0.05) is 13.1 Å². The number of hydrogen-bond acceptors (Lipinski definition) is 4. The van der Waals surface area contributed by atoms with Crippen molar-refractivity contribution in [2.45, 2.75) is 63.8 Å². The number of urea groups is 2. The number of hydrogen-bond donors (Lipinski definition) is 6. The van der Waals surface area contributed by atoms with E-state index in [1.165, 1.54) is 0 Å². The number of aliphatic hydroxyl groups is 2. The Bertz CT molecular complexity index is 868. The molecule has 8 heteroatoms. The predicted octanol–water partition coefficient (Wildman–Crippen LogP) is 3.64. The van der Waals surface area contributed by atoms with Gasteiger partial charge in [-0.2, -0.15) is 0 Å². The average Bonchev–Trinajstić information content (AvgIpc) is 2.91. The molecule has 1 fully saturated rings. The molecule has 2 aromatic rings. The molecule has 1 aliphatic rings. The zero-order chi connectivity index (χ0) is 25.9. The number of rotatable bonds is 10. The van der Waals surface area contributed by atoms with Gasteiger partial charge < -0.3 is 31.5 Å². The third-order valence-corrected chi connectivity index (χ3v) is 6.94. The maximum Gasteiger partial charge on any atom is 0.315 e. The van der Waals surface area contributed by atoms with Gasteiger partial charge >= 0.3 is 12.1 Å². The Morgan fingerprint density at radius 2 is 1.14 bits per heavy atom. The number of amides is 4. The van der Waals surface area contributed by atoms with Gasteiger partial charge in [0.1, 0.15) is 0 Å². The second-order valence-corrected chi connectivity index (χ2v) is 9.90. The molecule has 0 heterocycles. The first-order chi connectivity index (χ1) is 17.3. The molecule has 0 aromatic heterocycles. The predicted molar refractivity (Wildman–Crippen MR) is 140 cm³/mol. The standard InChI is InChI=1S/C28H40N4O4/c1-19(25(33)23-12-5-3-6-13-23)31-27(35)29-17-21-10-9-11-22(16-21)18-30-28(36)32-20(2)26(34)24-14-7-4-8-15-24/h3-8,12-15,19-22,25-26,33-34H,9-11,16-18H2,1-2H3,(H2,29,31,35)(H2,30,32,36). The normalized spacial score (nSPS) is 20.9. The molecule has 36 heavy (non-hydrogen) atoms. The van der Waals surface area contributed by atoms with Crippen molar-refractivity contribution in [3.8, 4) is 0 Å². The fourth-order valence-electron chi connectivity index (χ4n) is 4.80.